The first kappa shape index (κ1) is 14.3. The van der Waals surface area contributed by atoms with Crippen LogP contribution in [-0.2, 0) is 20.7 Å². The van der Waals surface area contributed by atoms with Crippen LogP contribution in [0.3, 0.4) is 0 Å². The fraction of sp³-hybridized carbons (Fsp3) is 0.429. The van der Waals surface area contributed by atoms with Crippen LogP contribution < -0.4 is 10.6 Å². The number of fused-ring (bicyclic) bond motifs is 1. The van der Waals surface area contributed by atoms with Crippen LogP contribution in [0.15, 0.2) is 24.3 Å². The SMILES string of the molecule is COC(CNC(=O)[C@@H]1Cc2ccccc2N1)CC(=O)O. The van der Waals surface area contributed by atoms with Crippen molar-refractivity contribution in [1.29, 1.82) is 0 Å². The number of benzene rings is 1. The molecule has 0 radical (unpaired) electrons. The van der Waals surface area contributed by atoms with Gasteiger partial charge in [0, 0.05) is 25.8 Å². The van der Waals surface area contributed by atoms with Gasteiger partial charge in [-0.2, -0.15) is 0 Å². The first-order valence-corrected chi connectivity index (χ1v) is 6.47. The minimum atomic E-state index is -0.947. The predicted molar refractivity (Wildman–Crippen MR) is 73.6 cm³/mol. The van der Waals surface area contributed by atoms with Crippen molar-refractivity contribution in [2.45, 2.75) is 25.0 Å². The molecule has 0 aromatic heterocycles. The van der Waals surface area contributed by atoms with Crippen LogP contribution in [-0.4, -0.2) is 42.8 Å². The van der Waals surface area contributed by atoms with E-state index in [9.17, 15) is 9.59 Å². The van der Waals surface area contributed by atoms with Crippen LogP contribution in [0, 0.1) is 0 Å². The first-order chi connectivity index (χ1) is 9.60. The van der Waals surface area contributed by atoms with Gasteiger partial charge >= 0.3 is 5.97 Å². The van der Waals surface area contributed by atoms with E-state index in [-0.39, 0.29) is 24.9 Å². The summed E-state index contributed by atoms with van der Waals surface area (Å²) in [6.45, 7) is 0.191. The number of nitrogens with one attached hydrogen (secondary N) is 2. The van der Waals surface area contributed by atoms with Crippen LogP contribution in [0.2, 0.25) is 0 Å². The van der Waals surface area contributed by atoms with Gasteiger partial charge in [-0.05, 0) is 11.6 Å². The Morgan fingerprint density at radius 1 is 1.50 bits per heavy atom. The van der Waals surface area contributed by atoms with E-state index >= 15 is 0 Å². The lowest BCUT2D eigenvalue weighted by Crippen LogP contribution is -2.42. The molecule has 0 saturated carbocycles. The van der Waals surface area contributed by atoms with Crippen molar-refractivity contribution >= 4 is 17.6 Å². The first-order valence-electron chi connectivity index (χ1n) is 6.47. The molecule has 2 rings (SSSR count). The van der Waals surface area contributed by atoms with Gasteiger partial charge in [-0.3, -0.25) is 9.59 Å². The van der Waals surface area contributed by atoms with Crippen LogP contribution >= 0.6 is 0 Å². The molecule has 1 unspecified atom stereocenters. The molecular formula is C14H18N2O4. The minimum Gasteiger partial charge on any atom is -0.481 e. The molecule has 0 bridgehead atoms. The van der Waals surface area contributed by atoms with E-state index in [1.54, 1.807) is 0 Å². The largest absolute Gasteiger partial charge is 0.481 e. The number of para-hydroxylation sites is 1. The van der Waals surface area contributed by atoms with Gasteiger partial charge in [0.15, 0.2) is 0 Å². The fourth-order valence-corrected chi connectivity index (χ4v) is 2.23. The molecule has 0 fully saturated rings. The van der Waals surface area contributed by atoms with E-state index in [2.05, 4.69) is 10.6 Å². The van der Waals surface area contributed by atoms with E-state index < -0.39 is 12.1 Å². The molecule has 1 aromatic carbocycles. The number of rotatable bonds is 6. The second-order valence-corrected chi connectivity index (χ2v) is 4.76. The molecule has 1 aromatic rings. The smallest absolute Gasteiger partial charge is 0.306 e. The highest BCUT2D eigenvalue weighted by Crippen LogP contribution is 2.24. The van der Waals surface area contributed by atoms with Gasteiger partial charge in [-0.15, -0.1) is 0 Å². The molecular weight excluding hydrogens is 260 g/mol. The Hall–Kier alpha value is -2.08. The third-order valence-corrected chi connectivity index (χ3v) is 3.33. The van der Waals surface area contributed by atoms with E-state index in [1.807, 2.05) is 24.3 Å². The summed E-state index contributed by atoms with van der Waals surface area (Å²) in [4.78, 5) is 22.7. The van der Waals surface area contributed by atoms with Crippen molar-refractivity contribution in [3.05, 3.63) is 29.8 Å². The Morgan fingerprint density at radius 2 is 2.25 bits per heavy atom. The number of amides is 1. The number of hydrogen-bond acceptors (Lipinski definition) is 4. The molecule has 1 aliphatic rings. The zero-order chi connectivity index (χ0) is 14.5. The molecule has 20 heavy (non-hydrogen) atoms. The molecule has 2 atom stereocenters. The number of carboxylic acids is 1. The van der Waals surface area contributed by atoms with Crippen LogP contribution in [0.5, 0.6) is 0 Å². The molecule has 6 heteroatoms. The Bertz CT molecular complexity index is 479. The maximum absolute atomic E-state index is 12.0. The number of carbonyl (C=O) groups excluding carboxylic acids is 1. The second-order valence-electron chi connectivity index (χ2n) is 4.76. The summed E-state index contributed by atoms with van der Waals surface area (Å²) in [5.74, 6) is -1.09. The number of anilines is 1. The van der Waals surface area contributed by atoms with Gasteiger partial charge in [-0.1, -0.05) is 18.2 Å². The number of methoxy groups -OCH3 is 1. The summed E-state index contributed by atoms with van der Waals surface area (Å²) >= 11 is 0. The van der Waals surface area contributed by atoms with Crippen molar-refractivity contribution in [3.8, 4) is 0 Å². The molecule has 1 amide bonds. The summed E-state index contributed by atoms with van der Waals surface area (Å²) in [6.07, 6.45) is -0.00605. The third-order valence-electron chi connectivity index (χ3n) is 3.33. The quantitative estimate of drug-likeness (QED) is 0.710. The van der Waals surface area contributed by atoms with Crippen molar-refractivity contribution in [2.24, 2.45) is 0 Å². The highest BCUT2D eigenvalue weighted by atomic mass is 16.5. The van der Waals surface area contributed by atoms with Gasteiger partial charge in [-0.25, -0.2) is 0 Å². The molecule has 6 nitrogen and oxygen atoms in total. The van der Waals surface area contributed by atoms with Crippen LogP contribution in [0.4, 0.5) is 5.69 Å². The standard InChI is InChI=1S/C14H18N2O4/c1-20-10(7-13(17)18)8-15-14(19)12-6-9-4-2-3-5-11(9)16-12/h2-5,10,12,16H,6-8H2,1H3,(H,15,19)(H,17,18)/t10?,12-/m0/s1. The summed E-state index contributed by atoms with van der Waals surface area (Å²) in [5.41, 5.74) is 2.09. The Morgan fingerprint density at radius 3 is 2.90 bits per heavy atom. The summed E-state index contributed by atoms with van der Waals surface area (Å²) in [5, 5.41) is 14.6. The van der Waals surface area contributed by atoms with Gasteiger partial charge in [0.1, 0.15) is 6.04 Å². The van der Waals surface area contributed by atoms with E-state index in [1.165, 1.54) is 7.11 Å². The zero-order valence-electron chi connectivity index (χ0n) is 11.3. The topological polar surface area (TPSA) is 87.7 Å². The van der Waals surface area contributed by atoms with E-state index in [4.69, 9.17) is 9.84 Å². The summed E-state index contributed by atoms with van der Waals surface area (Å²) in [7, 11) is 1.43. The Balaban J connectivity index is 1.83. The van der Waals surface area contributed by atoms with Crippen molar-refractivity contribution in [2.75, 3.05) is 19.0 Å². The molecule has 3 N–H and O–H groups in total. The molecule has 1 aliphatic heterocycles. The number of carboxylic acid groups (broad SMARTS) is 1. The Labute approximate surface area is 117 Å². The maximum atomic E-state index is 12.0. The normalized spacial score (nSPS) is 17.9. The Kier molecular flexibility index (Phi) is 4.57. The highest BCUT2D eigenvalue weighted by molar-refractivity contribution is 5.87. The average Bonchev–Trinajstić information content (AvgIpc) is 2.86. The van der Waals surface area contributed by atoms with Crippen LogP contribution in [0.1, 0.15) is 12.0 Å². The van der Waals surface area contributed by atoms with Crippen molar-refractivity contribution < 1.29 is 19.4 Å². The average molecular weight is 278 g/mol. The van der Waals surface area contributed by atoms with Gasteiger partial charge in [0.25, 0.3) is 0 Å². The fourth-order valence-electron chi connectivity index (χ4n) is 2.23. The lowest BCUT2D eigenvalue weighted by Gasteiger charge is -2.16. The van der Waals surface area contributed by atoms with E-state index in [0.717, 1.165) is 11.3 Å². The maximum Gasteiger partial charge on any atom is 0.306 e. The molecule has 0 saturated heterocycles. The zero-order valence-corrected chi connectivity index (χ0v) is 11.3. The van der Waals surface area contributed by atoms with Crippen molar-refractivity contribution in [3.63, 3.8) is 0 Å². The van der Waals surface area contributed by atoms with Gasteiger partial charge < -0.3 is 20.5 Å². The van der Waals surface area contributed by atoms with Gasteiger partial charge in [0.05, 0.1) is 12.5 Å². The predicted octanol–water partition coefficient (Wildman–Crippen LogP) is 0.629. The molecule has 0 spiro atoms. The summed E-state index contributed by atoms with van der Waals surface area (Å²) in [6, 6.07) is 7.46. The van der Waals surface area contributed by atoms with Crippen molar-refractivity contribution in [1.82, 2.24) is 5.32 Å². The molecule has 0 aliphatic carbocycles. The number of hydrogen-bond donors (Lipinski definition) is 3. The second kappa shape index (κ2) is 6.38. The minimum absolute atomic E-state index is 0.130. The molecule has 1 heterocycles. The highest BCUT2D eigenvalue weighted by Gasteiger charge is 2.26. The number of aliphatic carboxylic acids is 1. The van der Waals surface area contributed by atoms with E-state index in [0.29, 0.717) is 6.42 Å². The van der Waals surface area contributed by atoms with Gasteiger partial charge in [0.2, 0.25) is 5.91 Å². The molecule has 108 valence electrons. The lowest BCUT2D eigenvalue weighted by atomic mass is 10.1. The summed E-state index contributed by atoms with van der Waals surface area (Å²) < 4.78 is 5.02. The number of ether oxygens (including phenoxy) is 1. The number of carbonyl (C=O) groups is 2. The third kappa shape index (κ3) is 3.48. The monoisotopic (exact) mass is 278 g/mol. The lowest BCUT2D eigenvalue weighted by molar-refractivity contribution is -0.140. The van der Waals surface area contributed by atoms with Crippen LogP contribution in [0.25, 0.3) is 0 Å².